The van der Waals surface area contributed by atoms with Gasteiger partial charge in [0, 0.05) is 51.8 Å². The van der Waals surface area contributed by atoms with Crippen molar-refractivity contribution >= 4 is 33.1 Å². The maximum atomic E-state index is 13.0. The van der Waals surface area contributed by atoms with Gasteiger partial charge in [-0.15, -0.1) is 0 Å². The summed E-state index contributed by atoms with van der Waals surface area (Å²) in [6.07, 6.45) is 1.83. The number of hydrazone groups is 1. The number of anilines is 1. The molecule has 0 aromatic heterocycles. The Morgan fingerprint density at radius 1 is 1.10 bits per heavy atom. The largest absolute Gasteiger partial charge is 0.335 e. The second-order valence-corrected chi connectivity index (χ2v) is 10.1. The van der Waals surface area contributed by atoms with Crippen molar-refractivity contribution in [1.29, 1.82) is 0 Å². The highest BCUT2D eigenvalue weighted by atomic mass is 32.2. The van der Waals surface area contributed by atoms with E-state index in [-0.39, 0.29) is 24.0 Å². The molecule has 29 heavy (non-hydrogen) atoms. The highest BCUT2D eigenvalue weighted by molar-refractivity contribution is 7.90. The van der Waals surface area contributed by atoms with Gasteiger partial charge >= 0.3 is 0 Å². The lowest BCUT2D eigenvalue weighted by Crippen LogP contribution is -2.52. The third-order valence-corrected chi connectivity index (χ3v) is 6.23. The zero-order chi connectivity index (χ0) is 21.2. The van der Waals surface area contributed by atoms with Gasteiger partial charge < -0.3 is 4.90 Å². The van der Waals surface area contributed by atoms with Crippen molar-refractivity contribution in [2.24, 2.45) is 5.10 Å². The van der Waals surface area contributed by atoms with Crippen LogP contribution in [0.4, 0.5) is 5.69 Å². The molecule has 1 aromatic carbocycles. The molecule has 2 aliphatic heterocycles. The summed E-state index contributed by atoms with van der Waals surface area (Å²) in [5, 5.41) is 5.78. The first-order chi connectivity index (χ1) is 13.6. The monoisotopic (exact) mass is 420 g/mol. The van der Waals surface area contributed by atoms with Crippen LogP contribution in [0.2, 0.25) is 0 Å². The van der Waals surface area contributed by atoms with Crippen molar-refractivity contribution in [2.75, 3.05) is 49.7 Å². The Morgan fingerprint density at radius 3 is 2.45 bits per heavy atom. The fourth-order valence-corrected chi connectivity index (χ4v) is 4.09. The second-order valence-electron chi connectivity index (χ2n) is 7.81. The van der Waals surface area contributed by atoms with Crippen molar-refractivity contribution in [3.63, 3.8) is 0 Å². The van der Waals surface area contributed by atoms with Crippen molar-refractivity contribution < 1.29 is 18.0 Å². The molecule has 1 fully saturated rings. The molecule has 2 aliphatic rings. The molecule has 2 amide bonds. The van der Waals surface area contributed by atoms with Crippen LogP contribution in [0.25, 0.3) is 0 Å². The zero-order valence-corrected chi connectivity index (χ0v) is 18.0. The van der Waals surface area contributed by atoms with E-state index in [4.69, 9.17) is 0 Å². The van der Waals surface area contributed by atoms with Crippen LogP contribution >= 0.6 is 0 Å². The highest BCUT2D eigenvalue weighted by Crippen LogP contribution is 2.25. The van der Waals surface area contributed by atoms with Crippen LogP contribution in [0.3, 0.4) is 0 Å². The number of hydrogen-bond acceptors (Lipinski definition) is 6. The molecule has 9 heteroatoms. The van der Waals surface area contributed by atoms with E-state index >= 15 is 0 Å². The van der Waals surface area contributed by atoms with Gasteiger partial charge in [0.05, 0.1) is 11.4 Å². The molecule has 0 N–H and O–H groups in total. The van der Waals surface area contributed by atoms with Crippen LogP contribution in [-0.2, 0) is 19.4 Å². The Bertz CT molecular complexity index is 934. The molecule has 0 radical (unpaired) electrons. The first kappa shape index (κ1) is 21.4. The van der Waals surface area contributed by atoms with E-state index in [0.717, 1.165) is 11.1 Å². The van der Waals surface area contributed by atoms with Crippen LogP contribution < -0.4 is 5.01 Å². The lowest BCUT2D eigenvalue weighted by molar-refractivity contribution is -0.126. The average Bonchev–Trinajstić information content (AvgIpc) is 2.68. The molecule has 2 heterocycles. The van der Waals surface area contributed by atoms with Gasteiger partial charge in [-0.2, -0.15) is 5.10 Å². The van der Waals surface area contributed by atoms with Crippen LogP contribution in [0.15, 0.2) is 23.3 Å². The molecule has 0 saturated carbocycles. The predicted molar refractivity (Wildman–Crippen MR) is 113 cm³/mol. The van der Waals surface area contributed by atoms with Gasteiger partial charge in [-0.3, -0.25) is 14.5 Å². The van der Waals surface area contributed by atoms with Crippen molar-refractivity contribution in [3.05, 3.63) is 29.3 Å². The lowest BCUT2D eigenvalue weighted by Gasteiger charge is -2.35. The number of nitrogens with zero attached hydrogens (tertiary/aromatic N) is 4. The SMILES string of the molecule is Cc1ccc(C)c(N2N=C(C(=O)N3CCN(CCS(C)(=O)=O)CC3)CCC2=O)c1. The summed E-state index contributed by atoms with van der Waals surface area (Å²) in [6, 6.07) is 5.83. The van der Waals surface area contributed by atoms with Crippen LogP contribution in [-0.4, -0.2) is 80.5 Å². The molecular formula is C20H28N4O4S. The van der Waals surface area contributed by atoms with Gasteiger partial charge in [0.2, 0.25) is 5.91 Å². The van der Waals surface area contributed by atoms with Crippen LogP contribution in [0.1, 0.15) is 24.0 Å². The van der Waals surface area contributed by atoms with E-state index in [0.29, 0.717) is 50.5 Å². The molecule has 0 unspecified atom stereocenters. The van der Waals surface area contributed by atoms with E-state index in [1.807, 2.05) is 32.0 Å². The summed E-state index contributed by atoms with van der Waals surface area (Å²) in [5.74, 6) is -0.128. The Kier molecular flexibility index (Phi) is 6.38. The Labute approximate surface area is 172 Å². The topological polar surface area (TPSA) is 90.4 Å². The standard InChI is InChI=1S/C20H28N4O4S/c1-15-4-5-16(2)18(14-15)24-19(25)7-6-17(21-24)20(26)23-10-8-22(9-11-23)12-13-29(3,27)28/h4-5,14H,6-13H2,1-3H3. The number of rotatable bonds is 5. The minimum Gasteiger partial charge on any atom is -0.335 e. The van der Waals surface area contributed by atoms with Gasteiger partial charge in [-0.1, -0.05) is 12.1 Å². The third kappa shape index (κ3) is 5.42. The van der Waals surface area contributed by atoms with Gasteiger partial charge in [-0.05, 0) is 31.0 Å². The second kappa shape index (κ2) is 8.62. The number of benzene rings is 1. The van der Waals surface area contributed by atoms with Crippen LogP contribution in [0, 0.1) is 13.8 Å². The molecule has 8 nitrogen and oxygen atoms in total. The molecule has 0 bridgehead atoms. The quantitative estimate of drug-likeness (QED) is 0.708. The first-order valence-corrected chi connectivity index (χ1v) is 11.9. The molecule has 0 spiro atoms. The number of hydrogen-bond donors (Lipinski definition) is 0. The Hall–Kier alpha value is -2.26. The number of aryl methyl sites for hydroxylation is 2. The van der Waals surface area contributed by atoms with Crippen molar-refractivity contribution in [3.8, 4) is 0 Å². The van der Waals surface area contributed by atoms with E-state index in [2.05, 4.69) is 10.0 Å². The number of sulfone groups is 1. The number of piperazine rings is 1. The van der Waals surface area contributed by atoms with E-state index in [1.54, 1.807) is 4.90 Å². The fraction of sp³-hybridized carbons (Fsp3) is 0.550. The minimum absolute atomic E-state index is 0.110. The molecule has 3 rings (SSSR count). The van der Waals surface area contributed by atoms with E-state index < -0.39 is 9.84 Å². The van der Waals surface area contributed by atoms with Crippen molar-refractivity contribution in [1.82, 2.24) is 9.80 Å². The summed E-state index contributed by atoms with van der Waals surface area (Å²) in [7, 11) is -2.99. The Morgan fingerprint density at radius 2 is 1.79 bits per heavy atom. The van der Waals surface area contributed by atoms with E-state index in [9.17, 15) is 18.0 Å². The molecule has 0 aliphatic carbocycles. The summed E-state index contributed by atoms with van der Waals surface area (Å²) in [5.41, 5.74) is 3.07. The molecular weight excluding hydrogens is 392 g/mol. The number of amides is 2. The summed E-state index contributed by atoms with van der Waals surface area (Å²) < 4.78 is 22.7. The summed E-state index contributed by atoms with van der Waals surface area (Å²) >= 11 is 0. The molecule has 0 atom stereocenters. The zero-order valence-electron chi connectivity index (χ0n) is 17.2. The smallest absolute Gasteiger partial charge is 0.270 e. The van der Waals surface area contributed by atoms with Gasteiger partial charge in [0.1, 0.15) is 15.5 Å². The van der Waals surface area contributed by atoms with Gasteiger partial charge in [0.15, 0.2) is 0 Å². The normalized spacial score (nSPS) is 18.7. The Balaban J connectivity index is 1.68. The lowest BCUT2D eigenvalue weighted by atomic mass is 10.1. The first-order valence-electron chi connectivity index (χ1n) is 9.81. The number of carbonyl (C=O) groups is 2. The fourth-order valence-electron chi connectivity index (χ4n) is 3.50. The molecule has 1 saturated heterocycles. The van der Waals surface area contributed by atoms with E-state index in [1.165, 1.54) is 11.3 Å². The average molecular weight is 421 g/mol. The number of carbonyl (C=O) groups excluding carboxylic acids is 2. The van der Waals surface area contributed by atoms with Crippen molar-refractivity contribution in [2.45, 2.75) is 26.7 Å². The minimum atomic E-state index is -2.99. The molecule has 1 aromatic rings. The highest BCUT2D eigenvalue weighted by Gasteiger charge is 2.30. The summed E-state index contributed by atoms with van der Waals surface area (Å²) in [4.78, 5) is 29.2. The maximum absolute atomic E-state index is 13.0. The molecule has 158 valence electrons. The summed E-state index contributed by atoms with van der Waals surface area (Å²) in [6.45, 7) is 6.68. The predicted octanol–water partition coefficient (Wildman–Crippen LogP) is 0.975. The maximum Gasteiger partial charge on any atom is 0.270 e. The van der Waals surface area contributed by atoms with Gasteiger partial charge in [-0.25, -0.2) is 13.4 Å². The van der Waals surface area contributed by atoms with Crippen LogP contribution in [0.5, 0.6) is 0 Å². The third-order valence-electron chi connectivity index (χ3n) is 5.31. The van der Waals surface area contributed by atoms with Gasteiger partial charge in [0.25, 0.3) is 5.91 Å².